The monoisotopic (exact) mass is 405 g/mol. The summed E-state index contributed by atoms with van der Waals surface area (Å²) in [5, 5.41) is 5.73. The Kier molecular flexibility index (Phi) is 4.52. The number of fused-ring (bicyclic) bond motifs is 2. The standard InChI is InChI=1S/C25H19N5O/c1-15-11-12-21-18(13-15)22(16-7-3-2-4-8-16)29-24(27-21)23(30-26)19-14-17-9-5-6-10-20(17)28-25(19)31/h2-14H,26H2,1H3,(H,28,31)/b30-23+. The van der Waals surface area contributed by atoms with Crippen LogP contribution in [0, 0.1) is 6.92 Å². The quantitative estimate of drug-likeness (QED) is 0.268. The van der Waals surface area contributed by atoms with Gasteiger partial charge < -0.3 is 10.8 Å². The predicted octanol–water partition coefficient (Wildman–Crippen LogP) is 4.16. The summed E-state index contributed by atoms with van der Waals surface area (Å²) in [6, 6.07) is 25.2. The minimum absolute atomic E-state index is 0.242. The van der Waals surface area contributed by atoms with Gasteiger partial charge in [-0.3, -0.25) is 4.79 Å². The van der Waals surface area contributed by atoms with Crippen LogP contribution in [0.15, 0.2) is 88.8 Å². The van der Waals surface area contributed by atoms with E-state index in [1.807, 2.05) is 73.7 Å². The Balaban J connectivity index is 1.77. The number of nitrogens with zero attached hydrogens (tertiary/aromatic N) is 3. The molecule has 2 heterocycles. The average Bonchev–Trinajstić information content (AvgIpc) is 2.80. The minimum atomic E-state index is -0.295. The lowest BCUT2D eigenvalue weighted by Crippen LogP contribution is -2.22. The van der Waals surface area contributed by atoms with Gasteiger partial charge in [0, 0.05) is 16.5 Å². The Bertz CT molecular complexity index is 1520. The molecule has 0 atom stereocenters. The van der Waals surface area contributed by atoms with Gasteiger partial charge in [0.1, 0.15) is 5.71 Å². The van der Waals surface area contributed by atoms with E-state index in [2.05, 4.69) is 16.2 Å². The van der Waals surface area contributed by atoms with Crippen LogP contribution in [0.1, 0.15) is 17.0 Å². The van der Waals surface area contributed by atoms with Gasteiger partial charge in [0.25, 0.3) is 5.56 Å². The Hall–Kier alpha value is -4.32. The molecule has 5 rings (SSSR count). The summed E-state index contributed by atoms with van der Waals surface area (Å²) in [7, 11) is 0. The average molecular weight is 405 g/mol. The molecule has 0 amide bonds. The molecule has 0 saturated heterocycles. The van der Waals surface area contributed by atoms with Crippen LogP contribution in [-0.2, 0) is 0 Å². The van der Waals surface area contributed by atoms with Crippen molar-refractivity contribution in [3.63, 3.8) is 0 Å². The van der Waals surface area contributed by atoms with E-state index in [4.69, 9.17) is 15.8 Å². The fraction of sp³-hybridized carbons (Fsp3) is 0.0400. The third-order valence-electron chi connectivity index (χ3n) is 5.25. The lowest BCUT2D eigenvalue weighted by Gasteiger charge is -2.11. The molecule has 0 radical (unpaired) electrons. The second-order valence-corrected chi connectivity index (χ2v) is 7.36. The van der Waals surface area contributed by atoms with E-state index in [1.165, 1.54) is 0 Å². The van der Waals surface area contributed by atoms with E-state index in [9.17, 15) is 4.79 Å². The van der Waals surface area contributed by atoms with Crippen molar-refractivity contribution in [1.29, 1.82) is 0 Å². The predicted molar refractivity (Wildman–Crippen MR) is 124 cm³/mol. The minimum Gasteiger partial charge on any atom is -0.323 e. The van der Waals surface area contributed by atoms with Gasteiger partial charge in [0.2, 0.25) is 0 Å². The first-order valence-corrected chi connectivity index (χ1v) is 9.88. The number of pyridine rings is 1. The normalized spacial score (nSPS) is 11.8. The molecular formula is C25H19N5O. The molecule has 0 aliphatic heterocycles. The van der Waals surface area contributed by atoms with Gasteiger partial charge in [-0.25, -0.2) is 9.97 Å². The number of aromatic amines is 1. The van der Waals surface area contributed by atoms with Crippen molar-refractivity contribution in [2.24, 2.45) is 10.9 Å². The van der Waals surface area contributed by atoms with Crippen LogP contribution in [0.3, 0.4) is 0 Å². The molecule has 6 heteroatoms. The maximum absolute atomic E-state index is 12.8. The van der Waals surface area contributed by atoms with Crippen LogP contribution in [0.25, 0.3) is 33.1 Å². The third-order valence-corrected chi connectivity index (χ3v) is 5.25. The van der Waals surface area contributed by atoms with Crippen molar-refractivity contribution in [3.05, 3.63) is 106 Å². The molecular weight excluding hydrogens is 386 g/mol. The van der Waals surface area contributed by atoms with Crippen molar-refractivity contribution in [2.45, 2.75) is 6.92 Å². The molecule has 0 unspecified atom stereocenters. The molecule has 0 fully saturated rings. The van der Waals surface area contributed by atoms with Crippen molar-refractivity contribution < 1.29 is 0 Å². The van der Waals surface area contributed by atoms with Crippen LogP contribution in [0.2, 0.25) is 0 Å². The molecule has 0 bridgehead atoms. The zero-order chi connectivity index (χ0) is 21.4. The number of hydrogen-bond acceptors (Lipinski definition) is 5. The van der Waals surface area contributed by atoms with Crippen molar-refractivity contribution >= 4 is 27.5 Å². The molecule has 5 aromatic rings. The fourth-order valence-corrected chi connectivity index (χ4v) is 3.74. The molecule has 0 aliphatic carbocycles. The Morgan fingerprint density at radius 1 is 0.935 bits per heavy atom. The highest BCUT2D eigenvalue weighted by atomic mass is 16.1. The van der Waals surface area contributed by atoms with Gasteiger partial charge >= 0.3 is 0 Å². The van der Waals surface area contributed by atoms with Crippen LogP contribution in [0.4, 0.5) is 0 Å². The summed E-state index contributed by atoms with van der Waals surface area (Å²) < 4.78 is 0. The molecule has 0 spiro atoms. The number of nitrogens with one attached hydrogen (secondary N) is 1. The summed E-state index contributed by atoms with van der Waals surface area (Å²) in [5.74, 6) is 6.07. The molecule has 150 valence electrons. The summed E-state index contributed by atoms with van der Waals surface area (Å²) in [5.41, 5.74) is 4.60. The largest absolute Gasteiger partial charge is 0.323 e. The molecule has 3 N–H and O–H groups in total. The molecule has 0 aliphatic rings. The van der Waals surface area contributed by atoms with Crippen LogP contribution >= 0.6 is 0 Å². The molecule has 0 saturated carbocycles. The molecule has 6 nitrogen and oxygen atoms in total. The Morgan fingerprint density at radius 2 is 1.71 bits per heavy atom. The smallest absolute Gasteiger partial charge is 0.258 e. The first-order valence-electron chi connectivity index (χ1n) is 9.88. The Morgan fingerprint density at radius 3 is 2.52 bits per heavy atom. The lowest BCUT2D eigenvalue weighted by atomic mass is 10.0. The summed E-state index contributed by atoms with van der Waals surface area (Å²) in [6.07, 6.45) is 0. The summed E-state index contributed by atoms with van der Waals surface area (Å²) >= 11 is 0. The van der Waals surface area contributed by atoms with E-state index in [1.54, 1.807) is 6.07 Å². The third kappa shape index (κ3) is 3.34. The Labute approximate surface area is 178 Å². The zero-order valence-corrected chi connectivity index (χ0v) is 16.8. The van der Waals surface area contributed by atoms with Crippen molar-refractivity contribution in [1.82, 2.24) is 15.0 Å². The first-order chi connectivity index (χ1) is 15.1. The highest BCUT2D eigenvalue weighted by Gasteiger charge is 2.18. The van der Waals surface area contributed by atoms with E-state index in [0.717, 1.165) is 38.6 Å². The van der Waals surface area contributed by atoms with Crippen molar-refractivity contribution in [2.75, 3.05) is 0 Å². The number of benzene rings is 3. The summed E-state index contributed by atoms with van der Waals surface area (Å²) in [4.78, 5) is 25.2. The SMILES string of the molecule is Cc1ccc2nc(/C(=N/N)c3cc4ccccc4[nH]c3=O)nc(-c3ccccc3)c2c1. The fourth-order valence-electron chi connectivity index (χ4n) is 3.74. The van der Waals surface area contributed by atoms with Gasteiger partial charge in [0.15, 0.2) is 5.82 Å². The lowest BCUT2D eigenvalue weighted by molar-refractivity contribution is 1.14. The van der Waals surface area contributed by atoms with Gasteiger partial charge in [-0.15, -0.1) is 0 Å². The number of aryl methyl sites for hydroxylation is 1. The number of H-pyrrole nitrogens is 1. The van der Waals surface area contributed by atoms with Gasteiger partial charge in [-0.05, 0) is 36.6 Å². The topological polar surface area (TPSA) is 97.0 Å². The van der Waals surface area contributed by atoms with E-state index in [-0.39, 0.29) is 11.3 Å². The van der Waals surface area contributed by atoms with Crippen LogP contribution in [0.5, 0.6) is 0 Å². The van der Waals surface area contributed by atoms with Crippen LogP contribution < -0.4 is 11.4 Å². The molecule has 2 aromatic heterocycles. The van der Waals surface area contributed by atoms with Crippen LogP contribution in [-0.4, -0.2) is 20.7 Å². The number of hydrogen-bond donors (Lipinski definition) is 2. The van der Waals surface area contributed by atoms with E-state index < -0.39 is 0 Å². The van der Waals surface area contributed by atoms with E-state index in [0.29, 0.717) is 11.4 Å². The zero-order valence-electron chi connectivity index (χ0n) is 16.8. The second-order valence-electron chi connectivity index (χ2n) is 7.36. The number of para-hydroxylation sites is 1. The number of rotatable bonds is 3. The molecule has 31 heavy (non-hydrogen) atoms. The number of hydrazone groups is 1. The first kappa shape index (κ1) is 18.7. The second kappa shape index (κ2) is 7.50. The number of nitrogens with two attached hydrogens (primary N) is 1. The molecule has 3 aromatic carbocycles. The van der Waals surface area contributed by atoms with Gasteiger partial charge in [-0.2, -0.15) is 5.10 Å². The maximum Gasteiger partial charge on any atom is 0.258 e. The summed E-state index contributed by atoms with van der Waals surface area (Å²) in [6.45, 7) is 2.03. The number of aromatic nitrogens is 3. The highest BCUT2D eigenvalue weighted by Crippen LogP contribution is 2.27. The van der Waals surface area contributed by atoms with Crippen molar-refractivity contribution in [3.8, 4) is 11.3 Å². The maximum atomic E-state index is 12.8. The van der Waals surface area contributed by atoms with E-state index >= 15 is 0 Å². The van der Waals surface area contributed by atoms with Gasteiger partial charge in [-0.1, -0.05) is 60.2 Å². The highest BCUT2D eigenvalue weighted by molar-refractivity contribution is 6.12. The van der Waals surface area contributed by atoms with Gasteiger partial charge in [0.05, 0.1) is 16.8 Å².